The Morgan fingerprint density at radius 1 is 0.872 bits per heavy atom. The molecule has 3 amide bonds. The molecular formula is C27H33N5O7. The van der Waals surface area contributed by atoms with Crippen molar-refractivity contribution < 1.29 is 34.5 Å². The van der Waals surface area contributed by atoms with E-state index in [1.165, 1.54) is 26.0 Å². The highest BCUT2D eigenvalue weighted by Gasteiger charge is 2.32. The Morgan fingerprint density at radius 2 is 1.51 bits per heavy atom. The average molecular weight is 540 g/mol. The SMILES string of the molecule is CC(N)C(=O)NC(C(=O)NC(Cc1ccc(O)cc1)C(=O)NC(Cc1c[nH]c2ccccc12)C(=O)O)C(C)O. The number of aliphatic carboxylic acids is 1. The summed E-state index contributed by atoms with van der Waals surface area (Å²) in [6, 6.07) is 8.29. The van der Waals surface area contributed by atoms with E-state index < -0.39 is 54.0 Å². The van der Waals surface area contributed by atoms with Crippen LogP contribution >= 0.6 is 0 Å². The number of carbonyl (C=O) groups is 4. The van der Waals surface area contributed by atoms with Crippen molar-refractivity contribution in [2.45, 2.75) is 57.0 Å². The van der Waals surface area contributed by atoms with Crippen LogP contribution in [-0.2, 0) is 32.0 Å². The quantitative estimate of drug-likeness (QED) is 0.156. The Morgan fingerprint density at radius 3 is 2.13 bits per heavy atom. The zero-order chi connectivity index (χ0) is 28.7. The molecule has 1 aromatic heterocycles. The molecule has 5 atom stereocenters. The molecule has 0 radical (unpaired) electrons. The second kappa shape index (κ2) is 12.9. The number of amides is 3. The minimum Gasteiger partial charge on any atom is -0.508 e. The summed E-state index contributed by atoms with van der Waals surface area (Å²) in [6.07, 6.45) is 0.270. The minimum absolute atomic E-state index is 0.00115. The fourth-order valence-corrected chi connectivity index (χ4v) is 4.02. The van der Waals surface area contributed by atoms with Crippen LogP contribution in [-0.4, -0.2) is 74.3 Å². The number of aromatic nitrogens is 1. The monoisotopic (exact) mass is 539 g/mol. The number of fused-ring (bicyclic) bond motifs is 1. The van der Waals surface area contributed by atoms with Gasteiger partial charge in [0, 0.05) is 29.9 Å². The Hall–Kier alpha value is -4.42. The molecule has 0 aliphatic carbocycles. The molecule has 0 saturated heterocycles. The average Bonchev–Trinajstić information content (AvgIpc) is 3.29. The minimum atomic E-state index is -1.42. The van der Waals surface area contributed by atoms with Crippen molar-refractivity contribution in [3.05, 3.63) is 65.9 Å². The third-order valence-corrected chi connectivity index (χ3v) is 6.20. The highest BCUT2D eigenvalue weighted by Crippen LogP contribution is 2.19. The Bertz CT molecular complexity index is 1320. The van der Waals surface area contributed by atoms with Gasteiger partial charge in [0.25, 0.3) is 0 Å². The van der Waals surface area contributed by atoms with Crippen LogP contribution in [0.5, 0.6) is 5.75 Å². The smallest absolute Gasteiger partial charge is 0.326 e. The second-order valence-electron chi connectivity index (χ2n) is 9.41. The molecule has 39 heavy (non-hydrogen) atoms. The van der Waals surface area contributed by atoms with Gasteiger partial charge in [0.15, 0.2) is 0 Å². The predicted molar refractivity (Wildman–Crippen MR) is 143 cm³/mol. The molecule has 0 bridgehead atoms. The van der Waals surface area contributed by atoms with Crippen molar-refractivity contribution in [2.75, 3.05) is 0 Å². The summed E-state index contributed by atoms with van der Waals surface area (Å²) >= 11 is 0. The molecule has 0 aliphatic rings. The molecular weight excluding hydrogens is 506 g/mol. The number of nitrogens with two attached hydrogens (primary N) is 1. The number of benzene rings is 2. The number of rotatable bonds is 12. The Kier molecular flexibility index (Phi) is 9.63. The number of carboxylic acids is 1. The molecule has 0 saturated carbocycles. The van der Waals surface area contributed by atoms with Crippen LogP contribution in [0.1, 0.15) is 25.0 Å². The molecule has 12 heteroatoms. The fourth-order valence-electron chi connectivity index (χ4n) is 4.02. The van der Waals surface area contributed by atoms with Crippen molar-refractivity contribution in [3.63, 3.8) is 0 Å². The van der Waals surface area contributed by atoms with Crippen LogP contribution < -0.4 is 21.7 Å². The molecule has 3 aromatic rings. The van der Waals surface area contributed by atoms with Gasteiger partial charge in [0.2, 0.25) is 17.7 Å². The number of H-pyrrole nitrogens is 1. The molecule has 12 nitrogen and oxygen atoms in total. The van der Waals surface area contributed by atoms with E-state index in [0.717, 1.165) is 10.9 Å². The number of aromatic amines is 1. The first-order valence-corrected chi connectivity index (χ1v) is 12.4. The molecule has 1 heterocycles. The second-order valence-corrected chi connectivity index (χ2v) is 9.41. The van der Waals surface area contributed by atoms with Crippen molar-refractivity contribution in [1.82, 2.24) is 20.9 Å². The van der Waals surface area contributed by atoms with E-state index in [4.69, 9.17) is 5.73 Å². The lowest BCUT2D eigenvalue weighted by atomic mass is 10.0. The third kappa shape index (κ3) is 7.79. The van der Waals surface area contributed by atoms with Crippen molar-refractivity contribution in [2.24, 2.45) is 5.73 Å². The molecule has 208 valence electrons. The molecule has 0 aliphatic heterocycles. The number of carbonyl (C=O) groups excluding carboxylic acids is 3. The number of phenolic OH excluding ortho intramolecular Hbond substituents is 1. The summed E-state index contributed by atoms with van der Waals surface area (Å²) < 4.78 is 0. The molecule has 0 spiro atoms. The van der Waals surface area contributed by atoms with E-state index in [1.807, 2.05) is 24.3 Å². The zero-order valence-corrected chi connectivity index (χ0v) is 21.5. The first-order chi connectivity index (χ1) is 18.5. The highest BCUT2D eigenvalue weighted by molar-refractivity contribution is 5.94. The van der Waals surface area contributed by atoms with Gasteiger partial charge in [-0.15, -0.1) is 0 Å². The lowest BCUT2D eigenvalue weighted by molar-refractivity contribution is -0.142. The van der Waals surface area contributed by atoms with E-state index >= 15 is 0 Å². The maximum Gasteiger partial charge on any atom is 0.326 e. The summed E-state index contributed by atoms with van der Waals surface area (Å²) in [6.45, 7) is 2.70. The van der Waals surface area contributed by atoms with Crippen LogP contribution in [0.3, 0.4) is 0 Å². The number of aromatic hydroxyl groups is 1. The summed E-state index contributed by atoms with van der Waals surface area (Å²) in [5, 5.41) is 37.7. The highest BCUT2D eigenvalue weighted by atomic mass is 16.4. The molecule has 0 fully saturated rings. The maximum atomic E-state index is 13.4. The third-order valence-electron chi connectivity index (χ3n) is 6.20. The number of hydrogen-bond donors (Lipinski definition) is 8. The summed E-state index contributed by atoms with van der Waals surface area (Å²) in [5.41, 5.74) is 7.62. The predicted octanol–water partition coefficient (Wildman–Crippen LogP) is -0.0743. The van der Waals surface area contributed by atoms with Crippen molar-refractivity contribution >= 4 is 34.6 Å². The van der Waals surface area contributed by atoms with Gasteiger partial charge in [-0.2, -0.15) is 0 Å². The largest absolute Gasteiger partial charge is 0.508 e. The van der Waals surface area contributed by atoms with Gasteiger partial charge in [-0.05, 0) is 43.2 Å². The van der Waals surface area contributed by atoms with Gasteiger partial charge in [0.1, 0.15) is 23.9 Å². The van der Waals surface area contributed by atoms with E-state index in [2.05, 4.69) is 20.9 Å². The number of aliphatic hydroxyl groups excluding tert-OH is 1. The topological polar surface area (TPSA) is 207 Å². The van der Waals surface area contributed by atoms with Gasteiger partial charge < -0.3 is 42.0 Å². The molecule has 3 rings (SSSR count). The Balaban J connectivity index is 1.83. The first kappa shape index (κ1) is 29.1. The maximum absolute atomic E-state index is 13.4. The van der Waals surface area contributed by atoms with Crippen LogP contribution in [0.2, 0.25) is 0 Å². The first-order valence-electron chi connectivity index (χ1n) is 12.4. The van der Waals surface area contributed by atoms with Crippen LogP contribution in [0.25, 0.3) is 10.9 Å². The Labute approximate surface area is 224 Å². The van der Waals surface area contributed by atoms with Gasteiger partial charge >= 0.3 is 5.97 Å². The molecule has 9 N–H and O–H groups in total. The van der Waals surface area contributed by atoms with Gasteiger partial charge in [0.05, 0.1) is 12.1 Å². The lowest BCUT2D eigenvalue weighted by Crippen LogP contribution is -2.60. The standard InChI is InChI=1S/C27H33N5O7/c1-14(28)24(35)32-23(15(2)33)26(37)30-21(11-16-7-9-18(34)10-8-16)25(36)31-22(27(38)39)12-17-13-29-20-6-4-3-5-19(17)20/h3-10,13-15,21-23,29,33-34H,11-12,28H2,1-2H3,(H,30,37)(H,31,36)(H,32,35)(H,38,39). The molecule has 5 unspecified atom stereocenters. The van der Waals surface area contributed by atoms with E-state index in [0.29, 0.717) is 11.1 Å². The number of carboxylic acid groups (broad SMARTS) is 1. The van der Waals surface area contributed by atoms with E-state index in [1.54, 1.807) is 18.3 Å². The number of aliphatic hydroxyl groups is 1. The zero-order valence-electron chi connectivity index (χ0n) is 21.5. The summed E-state index contributed by atoms with van der Waals surface area (Å²) in [7, 11) is 0. The lowest BCUT2D eigenvalue weighted by Gasteiger charge is -2.26. The van der Waals surface area contributed by atoms with Gasteiger partial charge in [-0.1, -0.05) is 30.3 Å². The van der Waals surface area contributed by atoms with Crippen LogP contribution in [0.15, 0.2) is 54.7 Å². The van der Waals surface area contributed by atoms with E-state index in [9.17, 15) is 34.5 Å². The number of phenols is 1. The van der Waals surface area contributed by atoms with Gasteiger partial charge in [-0.25, -0.2) is 4.79 Å². The normalized spacial score (nSPS) is 15.0. The fraction of sp³-hybridized carbons (Fsp3) is 0.333. The van der Waals surface area contributed by atoms with E-state index in [-0.39, 0.29) is 18.6 Å². The number of para-hydroxylation sites is 1. The molecule has 2 aromatic carbocycles. The van der Waals surface area contributed by atoms with Crippen LogP contribution in [0, 0.1) is 0 Å². The number of hydrogen-bond acceptors (Lipinski definition) is 7. The summed E-state index contributed by atoms with van der Waals surface area (Å²) in [4.78, 5) is 53.6. The van der Waals surface area contributed by atoms with Gasteiger partial charge in [-0.3, -0.25) is 14.4 Å². The van der Waals surface area contributed by atoms with Crippen molar-refractivity contribution in [1.29, 1.82) is 0 Å². The van der Waals surface area contributed by atoms with Crippen LogP contribution in [0.4, 0.5) is 0 Å². The number of nitrogens with one attached hydrogen (secondary N) is 4. The summed E-state index contributed by atoms with van der Waals surface area (Å²) in [5.74, 6) is -3.59. The van der Waals surface area contributed by atoms with Crippen molar-refractivity contribution in [3.8, 4) is 5.75 Å².